The lowest BCUT2D eigenvalue weighted by atomic mass is 10.5. The van der Waals surface area contributed by atoms with E-state index < -0.39 is 0 Å². The third kappa shape index (κ3) is 5.31. The van der Waals surface area contributed by atoms with Crippen LogP contribution in [0.3, 0.4) is 0 Å². The molecule has 0 aliphatic rings. The molecule has 0 rings (SSSR count). The van der Waals surface area contributed by atoms with Gasteiger partial charge < -0.3 is 9.47 Å². The zero-order valence-electron chi connectivity index (χ0n) is 6.29. The van der Waals surface area contributed by atoms with Gasteiger partial charge in [0.25, 0.3) is 0 Å². The monoisotopic (exact) mass is 144 g/mol. The summed E-state index contributed by atoms with van der Waals surface area (Å²) in [5, 5.41) is 0. The van der Waals surface area contributed by atoms with E-state index in [0.29, 0.717) is 13.2 Å². The van der Waals surface area contributed by atoms with Crippen LogP contribution in [-0.4, -0.2) is 26.3 Å². The number of ether oxygens (including phenoxy) is 2. The highest BCUT2D eigenvalue weighted by Gasteiger charge is 1.92. The molecular weight excluding hydrogens is 132 g/mol. The Labute approximate surface area is 60.6 Å². The van der Waals surface area contributed by atoms with Crippen molar-refractivity contribution in [2.75, 3.05) is 20.3 Å². The fourth-order valence-electron chi connectivity index (χ4n) is 0.410. The summed E-state index contributed by atoms with van der Waals surface area (Å²) in [6.45, 7) is 2.53. The van der Waals surface area contributed by atoms with Gasteiger partial charge in [0.15, 0.2) is 0 Å². The predicted molar refractivity (Wildman–Crippen MR) is 37.6 cm³/mol. The lowest BCUT2D eigenvalue weighted by Crippen LogP contribution is -2.06. The molecule has 0 radical (unpaired) electrons. The van der Waals surface area contributed by atoms with E-state index in [9.17, 15) is 4.79 Å². The molecule has 0 fully saturated rings. The second kappa shape index (κ2) is 6.29. The third-order valence-corrected chi connectivity index (χ3v) is 0.835. The van der Waals surface area contributed by atoms with Gasteiger partial charge in [0.1, 0.15) is 6.61 Å². The first-order chi connectivity index (χ1) is 4.81. The highest BCUT2D eigenvalue weighted by atomic mass is 16.6. The summed E-state index contributed by atoms with van der Waals surface area (Å²) in [6, 6.07) is 0. The molecule has 0 unspecified atom stereocenters. The normalized spacial score (nSPS) is 10.2. The molecule has 3 heteroatoms. The number of carbonyl (C=O) groups is 1. The van der Waals surface area contributed by atoms with Gasteiger partial charge in [-0.3, -0.25) is 0 Å². The zero-order chi connectivity index (χ0) is 7.82. The Kier molecular flexibility index (Phi) is 5.77. The topological polar surface area (TPSA) is 35.5 Å². The number of esters is 1. The molecular formula is C7H12O3. The van der Waals surface area contributed by atoms with Crippen molar-refractivity contribution in [1.29, 1.82) is 0 Å². The van der Waals surface area contributed by atoms with Crippen LogP contribution in [0.2, 0.25) is 0 Å². The number of carbonyl (C=O) groups excluding carboxylic acids is 1. The van der Waals surface area contributed by atoms with Gasteiger partial charge in [0, 0.05) is 13.2 Å². The van der Waals surface area contributed by atoms with Crippen LogP contribution in [0.4, 0.5) is 0 Å². The molecule has 0 bridgehead atoms. The molecule has 58 valence electrons. The van der Waals surface area contributed by atoms with Crippen LogP contribution < -0.4 is 0 Å². The second-order valence-electron chi connectivity index (χ2n) is 1.66. The Morgan fingerprint density at radius 3 is 2.70 bits per heavy atom. The second-order valence-corrected chi connectivity index (χ2v) is 1.66. The van der Waals surface area contributed by atoms with Crippen LogP contribution in [0.5, 0.6) is 0 Å². The maximum atomic E-state index is 10.6. The SMILES string of the molecule is C/C=C/C(=O)OCCOC. The van der Waals surface area contributed by atoms with E-state index in [1.807, 2.05) is 0 Å². The smallest absolute Gasteiger partial charge is 0.330 e. The standard InChI is InChI=1S/C7H12O3/c1-3-4-7(8)10-6-5-9-2/h3-4H,5-6H2,1-2H3/b4-3+. The molecule has 0 aromatic rings. The van der Waals surface area contributed by atoms with Crippen molar-refractivity contribution in [3.63, 3.8) is 0 Å². The van der Waals surface area contributed by atoms with Crippen LogP contribution in [0, 0.1) is 0 Å². The first kappa shape index (κ1) is 9.17. The van der Waals surface area contributed by atoms with Crippen molar-refractivity contribution in [3.05, 3.63) is 12.2 Å². The van der Waals surface area contributed by atoms with Gasteiger partial charge in [-0.2, -0.15) is 0 Å². The van der Waals surface area contributed by atoms with Gasteiger partial charge in [-0.15, -0.1) is 0 Å². The molecule has 0 aromatic heterocycles. The molecule has 0 aliphatic heterocycles. The first-order valence-corrected chi connectivity index (χ1v) is 3.09. The molecule has 3 nitrogen and oxygen atoms in total. The van der Waals surface area contributed by atoms with Crippen molar-refractivity contribution in [1.82, 2.24) is 0 Å². The molecule has 0 aromatic carbocycles. The van der Waals surface area contributed by atoms with Gasteiger partial charge in [0.05, 0.1) is 6.61 Å². The number of allylic oxidation sites excluding steroid dienone is 1. The van der Waals surface area contributed by atoms with Crippen molar-refractivity contribution in [2.45, 2.75) is 6.92 Å². The van der Waals surface area contributed by atoms with E-state index in [1.165, 1.54) is 6.08 Å². The molecule has 0 heterocycles. The maximum absolute atomic E-state index is 10.6. The van der Waals surface area contributed by atoms with Crippen molar-refractivity contribution in [2.24, 2.45) is 0 Å². The largest absolute Gasteiger partial charge is 0.460 e. The minimum Gasteiger partial charge on any atom is -0.460 e. The molecule has 0 spiro atoms. The van der Waals surface area contributed by atoms with Gasteiger partial charge in [-0.05, 0) is 6.92 Å². The molecule has 0 aliphatic carbocycles. The Morgan fingerprint density at radius 2 is 2.20 bits per heavy atom. The fourth-order valence-corrected chi connectivity index (χ4v) is 0.410. The molecule has 0 saturated carbocycles. The van der Waals surface area contributed by atoms with E-state index in [-0.39, 0.29) is 5.97 Å². The Bertz CT molecular complexity index is 118. The van der Waals surface area contributed by atoms with E-state index in [4.69, 9.17) is 0 Å². The Hall–Kier alpha value is -0.830. The minimum atomic E-state index is -0.320. The highest BCUT2D eigenvalue weighted by Crippen LogP contribution is 1.80. The molecule has 0 amide bonds. The molecule has 0 saturated heterocycles. The minimum absolute atomic E-state index is 0.319. The lowest BCUT2D eigenvalue weighted by molar-refractivity contribution is -0.138. The quantitative estimate of drug-likeness (QED) is 0.332. The van der Waals surface area contributed by atoms with E-state index >= 15 is 0 Å². The summed E-state index contributed by atoms with van der Waals surface area (Å²) in [6.07, 6.45) is 3.00. The van der Waals surface area contributed by atoms with Crippen molar-refractivity contribution in [3.8, 4) is 0 Å². The summed E-state index contributed by atoms with van der Waals surface area (Å²) >= 11 is 0. The summed E-state index contributed by atoms with van der Waals surface area (Å²) in [5.74, 6) is -0.320. The number of hydrogen-bond donors (Lipinski definition) is 0. The summed E-state index contributed by atoms with van der Waals surface area (Å²) in [4.78, 5) is 10.6. The molecule has 0 atom stereocenters. The average molecular weight is 144 g/mol. The van der Waals surface area contributed by atoms with E-state index in [2.05, 4.69) is 9.47 Å². The van der Waals surface area contributed by atoms with E-state index in [1.54, 1.807) is 20.1 Å². The van der Waals surface area contributed by atoms with Crippen LogP contribution in [-0.2, 0) is 14.3 Å². The number of hydrogen-bond acceptors (Lipinski definition) is 3. The molecule has 0 N–H and O–H groups in total. The van der Waals surface area contributed by atoms with Gasteiger partial charge >= 0.3 is 5.97 Å². The predicted octanol–water partition coefficient (Wildman–Crippen LogP) is 0.752. The summed E-state index contributed by atoms with van der Waals surface area (Å²) in [5.41, 5.74) is 0. The third-order valence-electron chi connectivity index (χ3n) is 0.835. The van der Waals surface area contributed by atoms with Gasteiger partial charge in [0.2, 0.25) is 0 Å². The number of methoxy groups -OCH3 is 1. The lowest BCUT2D eigenvalue weighted by Gasteiger charge is -1.98. The Balaban J connectivity index is 3.22. The molecule has 10 heavy (non-hydrogen) atoms. The van der Waals surface area contributed by atoms with Crippen LogP contribution in [0.1, 0.15) is 6.92 Å². The zero-order valence-corrected chi connectivity index (χ0v) is 6.29. The average Bonchev–Trinajstić information content (AvgIpc) is 1.89. The van der Waals surface area contributed by atoms with Gasteiger partial charge in [-0.1, -0.05) is 6.08 Å². The Morgan fingerprint density at radius 1 is 1.50 bits per heavy atom. The summed E-state index contributed by atoms with van der Waals surface area (Å²) in [7, 11) is 1.56. The number of rotatable bonds is 4. The fraction of sp³-hybridized carbons (Fsp3) is 0.571. The van der Waals surface area contributed by atoms with Crippen molar-refractivity contribution < 1.29 is 14.3 Å². The first-order valence-electron chi connectivity index (χ1n) is 3.09. The van der Waals surface area contributed by atoms with E-state index in [0.717, 1.165) is 0 Å². The van der Waals surface area contributed by atoms with Crippen molar-refractivity contribution >= 4 is 5.97 Å². The van der Waals surface area contributed by atoms with Gasteiger partial charge in [-0.25, -0.2) is 4.79 Å². The van der Waals surface area contributed by atoms with Crippen LogP contribution in [0.15, 0.2) is 12.2 Å². The van der Waals surface area contributed by atoms with Crippen LogP contribution in [0.25, 0.3) is 0 Å². The highest BCUT2D eigenvalue weighted by molar-refractivity contribution is 5.81. The maximum Gasteiger partial charge on any atom is 0.330 e. The summed E-state index contributed by atoms with van der Waals surface area (Å²) < 4.78 is 9.34. The van der Waals surface area contributed by atoms with Crippen LogP contribution >= 0.6 is 0 Å².